The van der Waals surface area contributed by atoms with Crippen LogP contribution in [0.3, 0.4) is 0 Å². The first-order valence-electron chi connectivity index (χ1n) is 9.17. The van der Waals surface area contributed by atoms with E-state index in [4.69, 9.17) is 9.97 Å². The van der Waals surface area contributed by atoms with Crippen LogP contribution in [-0.4, -0.2) is 35.1 Å². The number of aromatic nitrogens is 2. The summed E-state index contributed by atoms with van der Waals surface area (Å²) in [6, 6.07) is 12.0. The molecule has 25 heavy (non-hydrogen) atoms. The quantitative estimate of drug-likeness (QED) is 0.770. The molecule has 3 aromatic rings. The zero-order valence-electron chi connectivity index (χ0n) is 14.2. The van der Waals surface area contributed by atoms with Gasteiger partial charge in [-0.05, 0) is 49.3 Å². The Morgan fingerprint density at radius 2 is 1.76 bits per heavy atom. The van der Waals surface area contributed by atoms with E-state index in [-0.39, 0.29) is 0 Å². The molecule has 0 atom stereocenters. The van der Waals surface area contributed by atoms with Crippen LogP contribution in [0.1, 0.15) is 25.7 Å². The minimum atomic E-state index is 0.674. The van der Waals surface area contributed by atoms with Crippen molar-refractivity contribution in [1.29, 1.82) is 0 Å². The van der Waals surface area contributed by atoms with Crippen molar-refractivity contribution in [2.24, 2.45) is 0 Å². The van der Waals surface area contributed by atoms with Gasteiger partial charge in [0.15, 0.2) is 5.82 Å². The van der Waals surface area contributed by atoms with Gasteiger partial charge in [0.05, 0.1) is 5.52 Å². The Morgan fingerprint density at radius 3 is 2.52 bits per heavy atom. The summed E-state index contributed by atoms with van der Waals surface area (Å²) in [5.74, 6) is 1.94. The maximum absolute atomic E-state index is 4.97. The second-order valence-electron chi connectivity index (χ2n) is 7.10. The summed E-state index contributed by atoms with van der Waals surface area (Å²) in [5, 5.41) is 9.15. The van der Waals surface area contributed by atoms with Gasteiger partial charge < -0.3 is 10.2 Å². The second kappa shape index (κ2) is 6.39. The number of hydrogen-bond donors (Lipinski definition) is 1. The molecule has 5 rings (SSSR count). The summed E-state index contributed by atoms with van der Waals surface area (Å²) in [6.45, 7) is 2.13. The van der Waals surface area contributed by atoms with Crippen LogP contribution in [0.15, 0.2) is 41.1 Å². The van der Waals surface area contributed by atoms with Gasteiger partial charge in [-0.15, -0.1) is 0 Å². The Kier molecular flexibility index (Phi) is 3.91. The van der Waals surface area contributed by atoms with Gasteiger partial charge in [0.2, 0.25) is 0 Å². The van der Waals surface area contributed by atoms with Crippen LogP contribution in [0.2, 0.25) is 0 Å². The van der Waals surface area contributed by atoms with Crippen LogP contribution in [0.25, 0.3) is 22.3 Å². The second-order valence-corrected chi connectivity index (χ2v) is 7.88. The Labute approximate surface area is 151 Å². The van der Waals surface area contributed by atoms with Gasteiger partial charge in [-0.2, -0.15) is 11.3 Å². The van der Waals surface area contributed by atoms with Crippen molar-refractivity contribution < 1.29 is 0 Å². The van der Waals surface area contributed by atoms with E-state index in [1.54, 1.807) is 11.3 Å². The highest BCUT2D eigenvalue weighted by atomic mass is 32.1. The zero-order chi connectivity index (χ0) is 16.6. The van der Waals surface area contributed by atoms with Gasteiger partial charge >= 0.3 is 0 Å². The topological polar surface area (TPSA) is 41.0 Å². The molecule has 1 saturated heterocycles. The molecule has 0 bridgehead atoms. The highest BCUT2D eigenvalue weighted by molar-refractivity contribution is 7.08. The summed E-state index contributed by atoms with van der Waals surface area (Å²) in [4.78, 5) is 12.2. The largest absolute Gasteiger partial charge is 0.356 e. The van der Waals surface area contributed by atoms with Gasteiger partial charge in [-0.1, -0.05) is 12.1 Å². The molecule has 128 valence electrons. The normalized spacial score (nSPS) is 18.8. The minimum absolute atomic E-state index is 0.674. The van der Waals surface area contributed by atoms with Crippen LogP contribution in [0.4, 0.5) is 5.82 Å². The van der Waals surface area contributed by atoms with E-state index >= 15 is 0 Å². The molecule has 2 aliphatic rings. The predicted molar refractivity (Wildman–Crippen MR) is 104 cm³/mol. The lowest BCUT2D eigenvalue weighted by Gasteiger charge is -2.34. The van der Waals surface area contributed by atoms with E-state index in [2.05, 4.69) is 51.3 Å². The predicted octanol–water partition coefficient (Wildman–Crippen LogP) is 4.08. The van der Waals surface area contributed by atoms with Crippen molar-refractivity contribution in [2.75, 3.05) is 18.0 Å². The lowest BCUT2D eigenvalue weighted by molar-refractivity contribution is 0.412. The number of thiophene rings is 1. The Hall–Kier alpha value is -1.98. The maximum Gasteiger partial charge on any atom is 0.162 e. The molecule has 1 aliphatic carbocycles. The van der Waals surface area contributed by atoms with Crippen molar-refractivity contribution in [3.63, 3.8) is 0 Å². The van der Waals surface area contributed by atoms with Crippen molar-refractivity contribution in [1.82, 2.24) is 15.3 Å². The first kappa shape index (κ1) is 15.3. The number of para-hydroxylation sites is 1. The number of nitrogens with zero attached hydrogens (tertiary/aromatic N) is 3. The van der Waals surface area contributed by atoms with Crippen LogP contribution in [-0.2, 0) is 0 Å². The molecule has 1 N–H and O–H groups in total. The third-order valence-electron chi connectivity index (χ3n) is 5.21. The third-order valence-corrected chi connectivity index (χ3v) is 5.89. The standard InChI is InChI=1S/C20H22N4S/c1-2-4-18-17(3-1)20(23-19(22-18)14-9-12-25-13-14)24-10-7-16(8-11-24)21-15-5-6-15/h1-4,9,12-13,15-16,21H,5-8,10-11H2. The first-order chi connectivity index (χ1) is 12.4. The Morgan fingerprint density at radius 1 is 0.960 bits per heavy atom. The number of hydrogen-bond acceptors (Lipinski definition) is 5. The van der Waals surface area contributed by atoms with E-state index in [1.807, 2.05) is 0 Å². The SMILES string of the molecule is c1ccc2c(N3CCC(NC4CC4)CC3)nc(-c3ccsc3)nc2c1. The van der Waals surface area contributed by atoms with Gasteiger partial charge in [-0.25, -0.2) is 9.97 Å². The molecular formula is C20H22N4S. The van der Waals surface area contributed by atoms with Crippen molar-refractivity contribution in [3.8, 4) is 11.4 Å². The van der Waals surface area contributed by atoms with Crippen molar-refractivity contribution in [3.05, 3.63) is 41.1 Å². The fraction of sp³-hybridized carbons (Fsp3) is 0.400. The van der Waals surface area contributed by atoms with Crippen LogP contribution in [0.5, 0.6) is 0 Å². The molecule has 5 heteroatoms. The van der Waals surface area contributed by atoms with Crippen LogP contribution < -0.4 is 10.2 Å². The molecule has 0 radical (unpaired) electrons. The Bertz CT molecular complexity index is 865. The van der Waals surface area contributed by atoms with E-state index in [0.717, 1.165) is 47.2 Å². The summed E-state index contributed by atoms with van der Waals surface area (Å²) in [5.41, 5.74) is 2.15. The molecule has 0 amide bonds. The third kappa shape index (κ3) is 3.14. The molecule has 1 aliphatic heterocycles. The highest BCUT2D eigenvalue weighted by Gasteiger charge is 2.28. The number of piperidine rings is 1. The van der Waals surface area contributed by atoms with Crippen molar-refractivity contribution in [2.45, 2.75) is 37.8 Å². The van der Waals surface area contributed by atoms with E-state index in [0.29, 0.717) is 6.04 Å². The monoisotopic (exact) mass is 350 g/mol. The number of benzene rings is 1. The Balaban J connectivity index is 1.47. The lowest BCUT2D eigenvalue weighted by Crippen LogP contribution is -2.43. The number of anilines is 1. The fourth-order valence-corrected chi connectivity index (χ4v) is 4.30. The van der Waals surface area contributed by atoms with Gasteiger partial charge in [0, 0.05) is 41.5 Å². The first-order valence-corrected chi connectivity index (χ1v) is 10.1. The maximum atomic E-state index is 4.97. The van der Waals surface area contributed by atoms with E-state index in [1.165, 1.54) is 25.7 Å². The molecule has 2 aromatic heterocycles. The molecule has 1 saturated carbocycles. The van der Waals surface area contributed by atoms with E-state index < -0.39 is 0 Å². The average Bonchev–Trinajstić information content (AvgIpc) is 3.30. The van der Waals surface area contributed by atoms with Gasteiger partial charge in [0.1, 0.15) is 5.82 Å². The lowest BCUT2D eigenvalue weighted by atomic mass is 10.0. The number of nitrogens with one attached hydrogen (secondary N) is 1. The number of fused-ring (bicyclic) bond motifs is 1. The van der Waals surface area contributed by atoms with Gasteiger partial charge in [-0.3, -0.25) is 0 Å². The smallest absolute Gasteiger partial charge is 0.162 e. The molecule has 4 nitrogen and oxygen atoms in total. The highest BCUT2D eigenvalue weighted by Crippen LogP contribution is 2.30. The molecular weight excluding hydrogens is 328 g/mol. The summed E-state index contributed by atoms with van der Waals surface area (Å²) in [6.07, 6.45) is 5.12. The molecule has 2 fully saturated rings. The van der Waals surface area contributed by atoms with E-state index in [9.17, 15) is 0 Å². The summed E-state index contributed by atoms with van der Waals surface area (Å²) < 4.78 is 0. The summed E-state index contributed by atoms with van der Waals surface area (Å²) >= 11 is 1.69. The molecule has 3 heterocycles. The van der Waals surface area contributed by atoms with Gasteiger partial charge in [0.25, 0.3) is 0 Å². The minimum Gasteiger partial charge on any atom is -0.356 e. The molecule has 1 aromatic carbocycles. The number of rotatable bonds is 4. The summed E-state index contributed by atoms with van der Waals surface area (Å²) in [7, 11) is 0. The van der Waals surface area contributed by atoms with Crippen LogP contribution >= 0.6 is 11.3 Å². The fourth-order valence-electron chi connectivity index (χ4n) is 3.66. The zero-order valence-corrected chi connectivity index (χ0v) is 15.0. The van der Waals surface area contributed by atoms with Crippen LogP contribution in [0, 0.1) is 0 Å². The molecule has 0 unspecified atom stereocenters. The molecule has 0 spiro atoms. The average molecular weight is 350 g/mol. The van der Waals surface area contributed by atoms with Crippen molar-refractivity contribution >= 4 is 28.1 Å².